The summed E-state index contributed by atoms with van der Waals surface area (Å²) < 4.78 is 11.4. The van der Waals surface area contributed by atoms with Crippen LogP contribution in [0.2, 0.25) is 5.02 Å². The fourth-order valence-electron chi connectivity index (χ4n) is 3.53. The lowest BCUT2D eigenvalue weighted by atomic mass is 9.99. The van der Waals surface area contributed by atoms with Gasteiger partial charge in [-0.1, -0.05) is 11.6 Å². The third-order valence-electron chi connectivity index (χ3n) is 4.67. The van der Waals surface area contributed by atoms with Crippen LogP contribution in [0.3, 0.4) is 0 Å². The van der Waals surface area contributed by atoms with Gasteiger partial charge in [0.2, 0.25) is 5.91 Å². The van der Waals surface area contributed by atoms with Crippen LogP contribution in [-0.2, 0) is 9.53 Å². The van der Waals surface area contributed by atoms with Crippen molar-refractivity contribution in [1.82, 2.24) is 4.90 Å². The van der Waals surface area contributed by atoms with Gasteiger partial charge in [0.15, 0.2) is 0 Å². The van der Waals surface area contributed by atoms with E-state index in [0.717, 1.165) is 31.7 Å². The average Bonchev–Trinajstić information content (AvgIpc) is 3.09. The molecule has 0 unspecified atom stereocenters. The van der Waals surface area contributed by atoms with Crippen molar-refractivity contribution in [3.05, 3.63) is 29.3 Å². The summed E-state index contributed by atoms with van der Waals surface area (Å²) in [4.78, 5) is 14.0. The largest absolute Gasteiger partial charge is 0.490 e. The number of benzene rings is 1. The maximum absolute atomic E-state index is 12.1. The van der Waals surface area contributed by atoms with Crippen LogP contribution in [0.25, 0.3) is 0 Å². The number of nitrogens with zero attached hydrogens (tertiary/aromatic N) is 1. The predicted octanol–water partition coefficient (Wildman–Crippen LogP) is 2.99. The van der Waals surface area contributed by atoms with Crippen LogP contribution in [0.15, 0.2) is 24.3 Å². The molecule has 0 spiro atoms. The van der Waals surface area contributed by atoms with Crippen molar-refractivity contribution < 1.29 is 14.3 Å². The van der Waals surface area contributed by atoms with Crippen molar-refractivity contribution in [2.24, 2.45) is 11.8 Å². The van der Waals surface area contributed by atoms with Crippen molar-refractivity contribution in [3.8, 4) is 5.75 Å². The molecule has 0 aromatic heterocycles. The molecule has 1 aliphatic heterocycles. The molecule has 1 aliphatic carbocycles. The van der Waals surface area contributed by atoms with E-state index >= 15 is 0 Å². The number of rotatable bonds is 5. The number of amides is 1. The molecular weight excluding hydrogens is 302 g/mol. The smallest absolute Gasteiger partial charge is 0.248 e. The van der Waals surface area contributed by atoms with Gasteiger partial charge >= 0.3 is 0 Å². The summed E-state index contributed by atoms with van der Waals surface area (Å²) in [5, 5.41) is 0.713. The lowest BCUT2D eigenvalue weighted by molar-refractivity contribution is -0.135. The number of hydrogen-bond donors (Lipinski definition) is 0. The molecule has 1 aromatic rings. The zero-order chi connectivity index (χ0) is 15.5. The quantitative estimate of drug-likeness (QED) is 0.836. The molecule has 1 saturated heterocycles. The van der Waals surface area contributed by atoms with Gasteiger partial charge in [-0.25, -0.2) is 0 Å². The molecular formula is C17H22ClNO3. The van der Waals surface area contributed by atoms with E-state index in [1.807, 2.05) is 36.1 Å². The van der Waals surface area contributed by atoms with E-state index in [2.05, 4.69) is 0 Å². The summed E-state index contributed by atoms with van der Waals surface area (Å²) in [5.41, 5.74) is 0. The Morgan fingerprint density at radius 3 is 2.77 bits per heavy atom. The standard InChI is InChI=1S/C17H22ClNO3/c1-2-21-11-17(20)19-9-12-3-8-16(15(12)10-19)22-14-6-4-13(18)5-7-14/h4-7,12,15-16H,2-3,8-11H2,1H3/t12-,15+,16-/m0/s1. The molecule has 2 aliphatic rings. The highest BCUT2D eigenvalue weighted by atomic mass is 35.5. The summed E-state index contributed by atoms with van der Waals surface area (Å²) in [6.45, 7) is 4.31. The highest BCUT2D eigenvalue weighted by Crippen LogP contribution is 2.40. The lowest BCUT2D eigenvalue weighted by Crippen LogP contribution is -2.34. The van der Waals surface area contributed by atoms with Gasteiger partial charge in [0.05, 0.1) is 0 Å². The van der Waals surface area contributed by atoms with Gasteiger partial charge < -0.3 is 14.4 Å². The summed E-state index contributed by atoms with van der Waals surface area (Å²) >= 11 is 5.90. The molecule has 0 bridgehead atoms. The predicted molar refractivity (Wildman–Crippen MR) is 85.2 cm³/mol. The number of carbonyl (C=O) groups excluding carboxylic acids is 1. The Kier molecular flexibility index (Phi) is 4.89. The van der Waals surface area contributed by atoms with Gasteiger partial charge in [0, 0.05) is 30.6 Å². The first kappa shape index (κ1) is 15.6. The van der Waals surface area contributed by atoms with Gasteiger partial charge in [0.1, 0.15) is 18.5 Å². The second-order valence-corrected chi connectivity index (χ2v) is 6.48. The molecule has 0 radical (unpaired) electrons. The van der Waals surface area contributed by atoms with Gasteiger partial charge in [-0.15, -0.1) is 0 Å². The van der Waals surface area contributed by atoms with E-state index in [0.29, 0.717) is 23.5 Å². The van der Waals surface area contributed by atoms with Crippen LogP contribution in [0.5, 0.6) is 5.75 Å². The van der Waals surface area contributed by atoms with Crippen LogP contribution in [0.1, 0.15) is 19.8 Å². The van der Waals surface area contributed by atoms with Crippen LogP contribution < -0.4 is 4.74 Å². The molecule has 120 valence electrons. The minimum atomic E-state index is 0.0986. The monoisotopic (exact) mass is 323 g/mol. The Morgan fingerprint density at radius 1 is 1.27 bits per heavy atom. The molecule has 3 atom stereocenters. The minimum absolute atomic E-state index is 0.0986. The van der Waals surface area contributed by atoms with Crippen molar-refractivity contribution in [2.45, 2.75) is 25.9 Å². The first-order valence-electron chi connectivity index (χ1n) is 7.95. The van der Waals surface area contributed by atoms with Gasteiger partial charge in [-0.3, -0.25) is 4.79 Å². The van der Waals surface area contributed by atoms with E-state index in [-0.39, 0.29) is 18.6 Å². The van der Waals surface area contributed by atoms with Crippen LogP contribution in [0, 0.1) is 11.8 Å². The molecule has 1 heterocycles. The summed E-state index contributed by atoms with van der Waals surface area (Å²) in [6.07, 6.45) is 2.38. The normalized spacial score (nSPS) is 27.0. The molecule has 1 aromatic carbocycles. The van der Waals surface area contributed by atoms with Crippen molar-refractivity contribution in [1.29, 1.82) is 0 Å². The Hall–Kier alpha value is -1.26. The fraction of sp³-hybridized carbons (Fsp3) is 0.588. The number of ether oxygens (including phenoxy) is 2. The van der Waals surface area contributed by atoms with E-state index in [1.54, 1.807) is 0 Å². The number of carbonyl (C=O) groups is 1. The second kappa shape index (κ2) is 6.88. The van der Waals surface area contributed by atoms with Crippen molar-refractivity contribution in [3.63, 3.8) is 0 Å². The van der Waals surface area contributed by atoms with Crippen LogP contribution in [-0.4, -0.2) is 43.2 Å². The Morgan fingerprint density at radius 2 is 2.05 bits per heavy atom. The van der Waals surface area contributed by atoms with E-state index in [9.17, 15) is 4.79 Å². The van der Waals surface area contributed by atoms with E-state index in [4.69, 9.17) is 21.1 Å². The molecule has 3 rings (SSSR count). The number of fused-ring (bicyclic) bond motifs is 1. The zero-order valence-corrected chi connectivity index (χ0v) is 13.6. The summed E-state index contributed by atoms with van der Waals surface area (Å²) in [5.74, 6) is 1.94. The van der Waals surface area contributed by atoms with Crippen molar-refractivity contribution in [2.75, 3.05) is 26.3 Å². The Labute approximate surface area is 136 Å². The minimum Gasteiger partial charge on any atom is -0.490 e. The maximum atomic E-state index is 12.1. The zero-order valence-electron chi connectivity index (χ0n) is 12.8. The molecule has 1 saturated carbocycles. The first-order chi connectivity index (χ1) is 10.7. The lowest BCUT2D eigenvalue weighted by Gasteiger charge is -2.22. The number of halogens is 1. The summed E-state index contributed by atoms with van der Waals surface area (Å²) in [7, 11) is 0. The second-order valence-electron chi connectivity index (χ2n) is 6.05. The Balaban J connectivity index is 1.58. The molecule has 1 amide bonds. The molecule has 4 nitrogen and oxygen atoms in total. The summed E-state index contributed by atoms with van der Waals surface area (Å²) in [6, 6.07) is 7.50. The topological polar surface area (TPSA) is 38.8 Å². The molecule has 2 fully saturated rings. The van der Waals surface area contributed by atoms with E-state index in [1.165, 1.54) is 0 Å². The SMILES string of the molecule is CCOCC(=O)N1C[C@@H]2CC[C@H](Oc3ccc(Cl)cc3)[C@@H]2C1. The third-order valence-corrected chi connectivity index (χ3v) is 4.93. The highest BCUT2D eigenvalue weighted by molar-refractivity contribution is 6.30. The maximum Gasteiger partial charge on any atom is 0.248 e. The van der Waals surface area contributed by atoms with E-state index < -0.39 is 0 Å². The molecule has 22 heavy (non-hydrogen) atoms. The van der Waals surface area contributed by atoms with Crippen LogP contribution >= 0.6 is 11.6 Å². The highest BCUT2D eigenvalue weighted by Gasteiger charge is 2.45. The fourth-order valence-corrected chi connectivity index (χ4v) is 3.66. The third kappa shape index (κ3) is 3.39. The number of hydrogen-bond acceptors (Lipinski definition) is 3. The van der Waals surface area contributed by atoms with Gasteiger partial charge in [-0.2, -0.15) is 0 Å². The van der Waals surface area contributed by atoms with Crippen LogP contribution in [0.4, 0.5) is 0 Å². The number of likely N-dealkylation sites (tertiary alicyclic amines) is 1. The Bertz CT molecular complexity index is 519. The van der Waals surface area contributed by atoms with Gasteiger partial charge in [-0.05, 0) is 49.9 Å². The molecule has 0 N–H and O–H groups in total. The average molecular weight is 324 g/mol. The molecule has 5 heteroatoms. The van der Waals surface area contributed by atoms with Gasteiger partial charge in [0.25, 0.3) is 0 Å². The first-order valence-corrected chi connectivity index (χ1v) is 8.33. The van der Waals surface area contributed by atoms with Crippen molar-refractivity contribution >= 4 is 17.5 Å².